The number of rotatable bonds is 6. The average molecular weight is 238 g/mol. The summed E-state index contributed by atoms with van der Waals surface area (Å²) in [6, 6.07) is 10.3. The van der Waals surface area contributed by atoms with Gasteiger partial charge in [0.25, 0.3) is 0 Å². The molecule has 1 rings (SSSR count). The van der Waals surface area contributed by atoms with Crippen LogP contribution in [-0.4, -0.2) is 18.3 Å². The molecule has 0 bridgehead atoms. The molecule has 2 nitrogen and oxygen atoms in total. The lowest BCUT2D eigenvalue weighted by atomic mass is 10.1. The summed E-state index contributed by atoms with van der Waals surface area (Å²) in [6.07, 6.45) is 1.06. The molecule has 88 valence electrons. The summed E-state index contributed by atoms with van der Waals surface area (Å²) in [7, 11) is 0. The number of benzene rings is 1. The first-order valence-corrected chi connectivity index (χ1v) is 6.48. The average Bonchev–Trinajstić information content (AvgIpc) is 2.28. The predicted molar refractivity (Wildman–Crippen MR) is 67.6 cm³/mol. The monoisotopic (exact) mass is 238 g/mol. The van der Waals surface area contributed by atoms with Crippen LogP contribution in [-0.2, 0) is 9.53 Å². The second kappa shape index (κ2) is 7.34. The van der Waals surface area contributed by atoms with Gasteiger partial charge in [-0.25, -0.2) is 0 Å². The molecule has 0 heterocycles. The fourth-order valence-electron chi connectivity index (χ4n) is 1.24. The van der Waals surface area contributed by atoms with Gasteiger partial charge in [0.1, 0.15) is 0 Å². The van der Waals surface area contributed by atoms with Crippen molar-refractivity contribution < 1.29 is 9.53 Å². The normalized spacial score (nSPS) is 12.1. The zero-order valence-corrected chi connectivity index (χ0v) is 10.6. The molecule has 0 aliphatic rings. The Labute approximate surface area is 101 Å². The third-order valence-corrected chi connectivity index (χ3v) is 3.24. The molecule has 0 saturated heterocycles. The number of thioether (sulfide) groups is 1. The van der Waals surface area contributed by atoms with Gasteiger partial charge in [-0.2, -0.15) is 0 Å². The van der Waals surface area contributed by atoms with Crippen molar-refractivity contribution in [3.8, 4) is 0 Å². The van der Waals surface area contributed by atoms with Crippen molar-refractivity contribution >= 4 is 17.7 Å². The van der Waals surface area contributed by atoms with E-state index in [2.05, 4.69) is 19.1 Å². The van der Waals surface area contributed by atoms with Crippen LogP contribution in [0, 0.1) is 5.92 Å². The minimum atomic E-state index is -0.192. The molecule has 0 fully saturated rings. The molecule has 1 aromatic rings. The molecule has 0 radical (unpaired) electrons. The first-order chi connectivity index (χ1) is 7.68. The first kappa shape index (κ1) is 13.1. The molecule has 0 aromatic heterocycles. The SMILES string of the molecule is CC(=O)OC[C@H](C)CCSc1ccccc1. The van der Waals surface area contributed by atoms with Gasteiger partial charge in [-0.05, 0) is 30.2 Å². The molecular weight excluding hydrogens is 220 g/mol. The summed E-state index contributed by atoms with van der Waals surface area (Å²) in [5.74, 6) is 1.30. The van der Waals surface area contributed by atoms with E-state index >= 15 is 0 Å². The number of hydrogen-bond acceptors (Lipinski definition) is 3. The molecule has 0 aliphatic heterocycles. The number of hydrogen-bond donors (Lipinski definition) is 0. The quantitative estimate of drug-likeness (QED) is 0.561. The van der Waals surface area contributed by atoms with E-state index in [1.54, 1.807) is 0 Å². The molecule has 1 atom stereocenters. The van der Waals surface area contributed by atoms with E-state index in [-0.39, 0.29) is 5.97 Å². The van der Waals surface area contributed by atoms with Gasteiger partial charge in [0.15, 0.2) is 0 Å². The Hall–Kier alpha value is -0.960. The highest BCUT2D eigenvalue weighted by Crippen LogP contribution is 2.19. The van der Waals surface area contributed by atoms with Crippen LogP contribution < -0.4 is 0 Å². The summed E-state index contributed by atoms with van der Waals surface area (Å²) in [5, 5.41) is 0. The molecule has 0 N–H and O–H groups in total. The van der Waals surface area contributed by atoms with Crippen molar-refractivity contribution in [1.29, 1.82) is 0 Å². The van der Waals surface area contributed by atoms with E-state index in [4.69, 9.17) is 4.74 Å². The summed E-state index contributed by atoms with van der Waals surface area (Å²) in [4.78, 5) is 11.9. The van der Waals surface area contributed by atoms with E-state index in [0.717, 1.165) is 12.2 Å². The summed E-state index contributed by atoms with van der Waals surface area (Å²) >= 11 is 1.84. The summed E-state index contributed by atoms with van der Waals surface area (Å²) in [5.41, 5.74) is 0. The molecule has 0 saturated carbocycles. The van der Waals surface area contributed by atoms with Crippen LogP contribution in [0.1, 0.15) is 20.3 Å². The largest absolute Gasteiger partial charge is 0.466 e. The molecule has 1 aromatic carbocycles. The van der Waals surface area contributed by atoms with Crippen LogP contribution in [0.5, 0.6) is 0 Å². The maximum atomic E-state index is 10.6. The van der Waals surface area contributed by atoms with Gasteiger partial charge in [-0.3, -0.25) is 4.79 Å². The lowest BCUT2D eigenvalue weighted by molar-refractivity contribution is -0.142. The molecule has 0 spiro atoms. The fourth-order valence-corrected chi connectivity index (χ4v) is 2.34. The summed E-state index contributed by atoms with van der Waals surface area (Å²) < 4.78 is 4.96. The van der Waals surface area contributed by atoms with Crippen LogP contribution >= 0.6 is 11.8 Å². The zero-order valence-electron chi connectivity index (χ0n) is 9.81. The number of ether oxygens (including phenoxy) is 1. The molecule has 0 amide bonds. The Bertz CT molecular complexity index is 311. The Balaban J connectivity index is 2.13. The summed E-state index contributed by atoms with van der Waals surface area (Å²) in [6.45, 7) is 4.09. The first-order valence-electron chi connectivity index (χ1n) is 5.49. The van der Waals surface area contributed by atoms with E-state index < -0.39 is 0 Å². The van der Waals surface area contributed by atoms with Crippen molar-refractivity contribution in [2.45, 2.75) is 25.2 Å². The molecule has 3 heteroatoms. The second-order valence-corrected chi connectivity index (χ2v) is 5.03. The highest BCUT2D eigenvalue weighted by Gasteiger charge is 2.04. The van der Waals surface area contributed by atoms with Gasteiger partial charge in [0, 0.05) is 11.8 Å². The zero-order chi connectivity index (χ0) is 11.8. The Morgan fingerprint density at radius 1 is 1.38 bits per heavy atom. The van der Waals surface area contributed by atoms with E-state index in [1.165, 1.54) is 11.8 Å². The van der Waals surface area contributed by atoms with Gasteiger partial charge < -0.3 is 4.74 Å². The fraction of sp³-hybridized carbons (Fsp3) is 0.462. The predicted octanol–water partition coefficient (Wildman–Crippen LogP) is 3.37. The van der Waals surface area contributed by atoms with E-state index in [9.17, 15) is 4.79 Å². The molecule has 16 heavy (non-hydrogen) atoms. The minimum Gasteiger partial charge on any atom is -0.466 e. The van der Waals surface area contributed by atoms with Crippen molar-refractivity contribution in [2.75, 3.05) is 12.4 Å². The smallest absolute Gasteiger partial charge is 0.302 e. The molecular formula is C13H18O2S. The molecule has 0 aliphatic carbocycles. The standard InChI is InChI=1S/C13H18O2S/c1-11(10-15-12(2)14)8-9-16-13-6-4-3-5-7-13/h3-7,11H,8-10H2,1-2H3/t11-/m1/s1. The minimum absolute atomic E-state index is 0.192. The van der Waals surface area contributed by atoms with Crippen LogP contribution in [0.3, 0.4) is 0 Å². The topological polar surface area (TPSA) is 26.3 Å². The van der Waals surface area contributed by atoms with Crippen molar-refractivity contribution in [3.63, 3.8) is 0 Å². The van der Waals surface area contributed by atoms with Gasteiger partial charge in [-0.1, -0.05) is 25.1 Å². The van der Waals surface area contributed by atoms with Gasteiger partial charge >= 0.3 is 5.97 Å². The number of carbonyl (C=O) groups is 1. The van der Waals surface area contributed by atoms with Crippen LogP contribution in [0.2, 0.25) is 0 Å². The van der Waals surface area contributed by atoms with Gasteiger partial charge in [-0.15, -0.1) is 11.8 Å². The van der Waals surface area contributed by atoms with Crippen molar-refractivity contribution in [2.24, 2.45) is 5.92 Å². The van der Waals surface area contributed by atoms with Crippen molar-refractivity contribution in [1.82, 2.24) is 0 Å². The third kappa shape index (κ3) is 5.81. The highest BCUT2D eigenvalue weighted by atomic mass is 32.2. The van der Waals surface area contributed by atoms with Crippen LogP contribution in [0.4, 0.5) is 0 Å². The number of carbonyl (C=O) groups excluding carboxylic acids is 1. The van der Waals surface area contributed by atoms with E-state index in [0.29, 0.717) is 12.5 Å². The van der Waals surface area contributed by atoms with Gasteiger partial charge in [0.2, 0.25) is 0 Å². The highest BCUT2D eigenvalue weighted by molar-refractivity contribution is 7.99. The Morgan fingerprint density at radius 2 is 2.06 bits per heavy atom. The lowest BCUT2D eigenvalue weighted by Gasteiger charge is -2.10. The lowest BCUT2D eigenvalue weighted by Crippen LogP contribution is -2.09. The van der Waals surface area contributed by atoms with Crippen LogP contribution in [0.15, 0.2) is 35.2 Å². The maximum absolute atomic E-state index is 10.6. The third-order valence-electron chi connectivity index (χ3n) is 2.19. The van der Waals surface area contributed by atoms with Crippen molar-refractivity contribution in [3.05, 3.63) is 30.3 Å². The Morgan fingerprint density at radius 3 is 2.69 bits per heavy atom. The molecule has 0 unspecified atom stereocenters. The second-order valence-electron chi connectivity index (χ2n) is 3.86. The maximum Gasteiger partial charge on any atom is 0.302 e. The van der Waals surface area contributed by atoms with Gasteiger partial charge in [0.05, 0.1) is 6.61 Å². The van der Waals surface area contributed by atoms with Crippen LogP contribution in [0.25, 0.3) is 0 Å². The van der Waals surface area contributed by atoms with E-state index in [1.807, 2.05) is 30.0 Å². The number of esters is 1. The Kier molecular flexibility index (Phi) is 6.01.